The van der Waals surface area contributed by atoms with Crippen LogP contribution in [-0.2, 0) is 14.4 Å². The Hall–Kier alpha value is -1.59. The first-order valence-corrected chi connectivity index (χ1v) is 7.99. The summed E-state index contributed by atoms with van der Waals surface area (Å²) in [5.74, 6) is -0.126. The second-order valence-corrected chi connectivity index (χ2v) is 5.81. The summed E-state index contributed by atoms with van der Waals surface area (Å²) in [5, 5.41) is 2.74. The maximum absolute atomic E-state index is 12.1. The summed E-state index contributed by atoms with van der Waals surface area (Å²) in [4.78, 5) is 39.2. The van der Waals surface area contributed by atoms with Gasteiger partial charge in [0.1, 0.15) is 0 Å². The molecule has 0 bridgehead atoms. The molecule has 6 heteroatoms. The molecule has 118 valence electrons. The molecule has 3 amide bonds. The highest BCUT2D eigenvalue weighted by Gasteiger charge is 2.22. The van der Waals surface area contributed by atoms with Crippen molar-refractivity contribution >= 4 is 17.7 Å². The third-order valence-electron chi connectivity index (χ3n) is 4.13. The average molecular weight is 295 g/mol. The summed E-state index contributed by atoms with van der Waals surface area (Å²) in [5.41, 5.74) is 0. The van der Waals surface area contributed by atoms with E-state index in [1.807, 2.05) is 4.90 Å². The van der Waals surface area contributed by atoms with Crippen molar-refractivity contribution < 1.29 is 14.4 Å². The van der Waals surface area contributed by atoms with E-state index in [0.717, 1.165) is 32.4 Å². The number of nitrogens with one attached hydrogen (secondary N) is 1. The van der Waals surface area contributed by atoms with Crippen LogP contribution in [0.5, 0.6) is 0 Å². The van der Waals surface area contributed by atoms with Crippen molar-refractivity contribution in [3.8, 4) is 0 Å². The highest BCUT2D eigenvalue weighted by Crippen LogP contribution is 2.12. The van der Waals surface area contributed by atoms with E-state index in [9.17, 15) is 14.4 Å². The zero-order valence-electron chi connectivity index (χ0n) is 12.6. The van der Waals surface area contributed by atoms with Gasteiger partial charge in [-0.05, 0) is 19.3 Å². The fourth-order valence-electron chi connectivity index (χ4n) is 2.87. The normalized spacial score (nSPS) is 20.5. The van der Waals surface area contributed by atoms with E-state index in [1.165, 1.54) is 12.8 Å². The molecule has 0 aromatic rings. The van der Waals surface area contributed by atoms with Crippen LogP contribution >= 0.6 is 0 Å². The molecule has 0 aromatic heterocycles. The second-order valence-electron chi connectivity index (χ2n) is 5.81. The topological polar surface area (TPSA) is 69.7 Å². The quantitative estimate of drug-likeness (QED) is 0.825. The molecule has 6 nitrogen and oxygen atoms in total. The standard InChI is InChI=1S/C15H25N3O3/c19-13-12-18(11-5-8-16-13)15(21)7-6-14(20)17-9-3-1-2-4-10-17/h1-12H2,(H,16,19). The smallest absolute Gasteiger partial charge is 0.239 e. The molecule has 0 spiro atoms. The lowest BCUT2D eigenvalue weighted by Gasteiger charge is -2.22. The van der Waals surface area contributed by atoms with Gasteiger partial charge in [-0.2, -0.15) is 0 Å². The number of carbonyl (C=O) groups excluding carboxylic acids is 3. The Morgan fingerprint density at radius 1 is 0.857 bits per heavy atom. The number of likely N-dealkylation sites (tertiary alicyclic amines) is 1. The highest BCUT2D eigenvalue weighted by molar-refractivity contribution is 5.87. The fraction of sp³-hybridized carbons (Fsp3) is 0.800. The van der Waals surface area contributed by atoms with Gasteiger partial charge in [-0.3, -0.25) is 14.4 Å². The van der Waals surface area contributed by atoms with Crippen LogP contribution in [0, 0.1) is 0 Å². The Kier molecular flexibility index (Phi) is 6.02. The molecule has 0 atom stereocenters. The van der Waals surface area contributed by atoms with Gasteiger partial charge in [-0.1, -0.05) is 12.8 Å². The van der Waals surface area contributed by atoms with Gasteiger partial charge < -0.3 is 15.1 Å². The number of hydrogen-bond donors (Lipinski definition) is 1. The molecule has 0 radical (unpaired) electrons. The van der Waals surface area contributed by atoms with Gasteiger partial charge in [0.25, 0.3) is 0 Å². The van der Waals surface area contributed by atoms with Crippen LogP contribution in [0.15, 0.2) is 0 Å². The zero-order valence-corrected chi connectivity index (χ0v) is 12.6. The molecule has 2 saturated heterocycles. The number of hydrogen-bond acceptors (Lipinski definition) is 3. The van der Waals surface area contributed by atoms with E-state index in [1.54, 1.807) is 4.90 Å². The third-order valence-corrected chi connectivity index (χ3v) is 4.13. The number of amides is 3. The first-order chi connectivity index (χ1) is 10.2. The number of carbonyl (C=O) groups is 3. The summed E-state index contributed by atoms with van der Waals surface area (Å²) in [6.45, 7) is 2.97. The number of rotatable bonds is 3. The lowest BCUT2D eigenvalue weighted by molar-refractivity contribution is -0.138. The van der Waals surface area contributed by atoms with Gasteiger partial charge in [0.05, 0.1) is 6.54 Å². The Balaban J connectivity index is 1.76. The molecule has 2 heterocycles. The second kappa shape index (κ2) is 8.00. The molecule has 2 rings (SSSR count). The largest absolute Gasteiger partial charge is 0.354 e. The van der Waals surface area contributed by atoms with Crippen molar-refractivity contribution in [2.75, 3.05) is 32.7 Å². The predicted octanol–water partition coefficient (Wildman–Crippen LogP) is 0.518. The molecular formula is C15H25N3O3. The molecule has 2 aliphatic rings. The van der Waals surface area contributed by atoms with Crippen molar-refractivity contribution in [1.29, 1.82) is 0 Å². The lowest BCUT2D eigenvalue weighted by Crippen LogP contribution is -2.38. The summed E-state index contributed by atoms with van der Waals surface area (Å²) in [6, 6.07) is 0. The van der Waals surface area contributed by atoms with Crippen molar-refractivity contribution in [3.63, 3.8) is 0 Å². The summed E-state index contributed by atoms with van der Waals surface area (Å²) in [7, 11) is 0. The Labute approximate surface area is 125 Å². The first-order valence-electron chi connectivity index (χ1n) is 7.99. The van der Waals surface area contributed by atoms with Crippen LogP contribution in [-0.4, -0.2) is 60.2 Å². The highest BCUT2D eigenvalue weighted by atomic mass is 16.2. The Bertz CT molecular complexity index is 390. The molecule has 0 aliphatic carbocycles. The van der Waals surface area contributed by atoms with Crippen LogP contribution < -0.4 is 5.32 Å². The van der Waals surface area contributed by atoms with Gasteiger partial charge in [0.15, 0.2) is 0 Å². The zero-order chi connectivity index (χ0) is 15.1. The SMILES string of the molecule is O=C1CN(C(=O)CCC(=O)N2CCCCCC2)CCCN1. The van der Waals surface area contributed by atoms with Crippen molar-refractivity contribution in [2.45, 2.75) is 44.9 Å². The Morgan fingerprint density at radius 3 is 2.10 bits per heavy atom. The minimum absolute atomic E-state index is 0.0736. The van der Waals surface area contributed by atoms with E-state index in [0.29, 0.717) is 13.1 Å². The van der Waals surface area contributed by atoms with Crippen molar-refractivity contribution in [3.05, 3.63) is 0 Å². The molecular weight excluding hydrogens is 270 g/mol. The molecule has 0 aromatic carbocycles. The van der Waals surface area contributed by atoms with E-state index in [2.05, 4.69) is 5.32 Å². The molecule has 0 saturated carbocycles. The van der Waals surface area contributed by atoms with E-state index in [-0.39, 0.29) is 37.1 Å². The van der Waals surface area contributed by atoms with E-state index in [4.69, 9.17) is 0 Å². The fourth-order valence-corrected chi connectivity index (χ4v) is 2.87. The lowest BCUT2D eigenvalue weighted by atomic mass is 10.2. The first kappa shape index (κ1) is 15.8. The van der Waals surface area contributed by atoms with Crippen LogP contribution in [0.3, 0.4) is 0 Å². The number of nitrogens with zero attached hydrogens (tertiary/aromatic N) is 2. The summed E-state index contributed by atoms with van der Waals surface area (Å²) in [6.07, 6.45) is 5.74. The van der Waals surface area contributed by atoms with Crippen LogP contribution in [0.25, 0.3) is 0 Å². The van der Waals surface area contributed by atoms with Crippen LogP contribution in [0.2, 0.25) is 0 Å². The maximum atomic E-state index is 12.1. The molecule has 1 N–H and O–H groups in total. The molecule has 2 fully saturated rings. The molecule has 21 heavy (non-hydrogen) atoms. The van der Waals surface area contributed by atoms with Gasteiger partial charge in [0, 0.05) is 39.0 Å². The predicted molar refractivity (Wildman–Crippen MR) is 78.5 cm³/mol. The van der Waals surface area contributed by atoms with E-state index >= 15 is 0 Å². The molecule has 2 aliphatic heterocycles. The van der Waals surface area contributed by atoms with Gasteiger partial charge >= 0.3 is 0 Å². The van der Waals surface area contributed by atoms with Gasteiger partial charge in [0.2, 0.25) is 17.7 Å². The van der Waals surface area contributed by atoms with Crippen molar-refractivity contribution in [1.82, 2.24) is 15.1 Å². The minimum atomic E-state index is -0.111. The van der Waals surface area contributed by atoms with E-state index < -0.39 is 0 Å². The Morgan fingerprint density at radius 2 is 1.43 bits per heavy atom. The van der Waals surface area contributed by atoms with Gasteiger partial charge in [-0.15, -0.1) is 0 Å². The third kappa shape index (κ3) is 5.02. The summed E-state index contributed by atoms with van der Waals surface area (Å²) < 4.78 is 0. The minimum Gasteiger partial charge on any atom is -0.354 e. The average Bonchev–Trinajstić information content (AvgIpc) is 2.86. The monoisotopic (exact) mass is 295 g/mol. The van der Waals surface area contributed by atoms with Crippen molar-refractivity contribution in [2.24, 2.45) is 0 Å². The maximum Gasteiger partial charge on any atom is 0.239 e. The van der Waals surface area contributed by atoms with Gasteiger partial charge in [-0.25, -0.2) is 0 Å². The molecule has 0 unspecified atom stereocenters. The summed E-state index contributed by atoms with van der Waals surface area (Å²) >= 11 is 0. The van der Waals surface area contributed by atoms with Crippen LogP contribution in [0.4, 0.5) is 0 Å². The van der Waals surface area contributed by atoms with Crippen LogP contribution in [0.1, 0.15) is 44.9 Å².